The highest BCUT2D eigenvalue weighted by Gasteiger charge is 2.38. The molecule has 4 aromatic heterocycles. The fourth-order valence-corrected chi connectivity index (χ4v) is 8.08. The zero-order valence-electron chi connectivity index (χ0n) is 24.8. The van der Waals surface area contributed by atoms with Gasteiger partial charge in [-0.15, -0.1) is 11.3 Å². The Labute approximate surface area is 256 Å². The van der Waals surface area contributed by atoms with Crippen molar-refractivity contribution in [3.05, 3.63) is 132 Å². The third-order valence-corrected chi connectivity index (χ3v) is 10.2. The Morgan fingerprint density at radius 1 is 0.884 bits per heavy atom. The second-order valence-electron chi connectivity index (χ2n) is 12.0. The maximum absolute atomic E-state index is 6.76. The smallest absolute Gasteiger partial charge is 0.216 e. The molecule has 0 radical (unpaired) electrons. The molecule has 5 heterocycles. The topological polar surface area (TPSA) is 20.9 Å². The minimum absolute atomic E-state index is 0.187. The third kappa shape index (κ3) is 4.16. The SMILES string of the molecule is C=CC1C(CCc2ccc3c(oc4cc5sccc5cc43)c2-c2ccc(C)c[n+]2C)c2ccccc2-c2ccc(C)c[n+]21. The number of aromatic nitrogens is 2. The van der Waals surface area contributed by atoms with Crippen molar-refractivity contribution in [2.45, 2.75) is 38.6 Å². The molecule has 210 valence electrons. The summed E-state index contributed by atoms with van der Waals surface area (Å²) in [6.07, 6.45) is 8.55. The summed E-state index contributed by atoms with van der Waals surface area (Å²) < 4.78 is 12.7. The first kappa shape index (κ1) is 26.1. The van der Waals surface area contributed by atoms with E-state index in [1.165, 1.54) is 65.6 Å². The molecule has 4 heteroatoms. The van der Waals surface area contributed by atoms with Crippen molar-refractivity contribution in [2.24, 2.45) is 7.05 Å². The highest BCUT2D eigenvalue weighted by atomic mass is 32.1. The Bertz CT molecular complexity index is 2220. The predicted molar refractivity (Wildman–Crippen MR) is 178 cm³/mol. The number of rotatable bonds is 5. The number of aryl methyl sites for hydroxylation is 4. The van der Waals surface area contributed by atoms with E-state index in [2.05, 4.69) is 139 Å². The molecule has 8 rings (SSSR count). The second kappa shape index (κ2) is 10.0. The fraction of sp³-hybridized carbons (Fsp3) is 0.179. The predicted octanol–water partition coefficient (Wildman–Crippen LogP) is 9.32. The lowest BCUT2D eigenvalue weighted by atomic mass is 9.79. The number of furan rings is 1. The molecule has 0 bridgehead atoms. The molecule has 2 atom stereocenters. The maximum Gasteiger partial charge on any atom is 0.216 e. The summed E-state index contributed by atoms with van der Waals surface area (Å²) in [5, 5.41) is 5.78. The summed E-state index contributed by atoms with van der Waals surface area (Å²) in [6, 6.07) is 29.3. The number of thiophene rings is 1. The molecule has 3 nitrogen and oxygen atoms in total. The van der Waals surface area contributed by atoms with Gasteiger partial charge in [-0.3, -0.25) is 0 Å². The van der Waals surface area contributed by atoms with Gasteiger partial charge < -0.3 is 4.42 Å². The first-order valence-electron chi connectivity index (χ1n) is 15.1. The molecule has 2 unspecified atom stereocenters. The van der Waals surface area contributed by atoms with Crippen LogP contribution in [-0.2, 0) is 13.5 Å². The molecule has 43 heavy (non-hydrogen) atoms. The molecule has 0 N–H and O–H groups in total. The number of hydrogen-bond acceptors (Lipinski definition) is 2. The van der Waals surface area contributed by atoms with E-state index in [0.29, 0.717) is 5.92 Å². The molecule has 0 amide bonds. The van der Waals surface area contributed by atoms with Gasteiger partial charge in [0.15, 0.2) is 18.4 Å². The van der Waals surface area contributed by atoms with Crippen molar-refractivity contribution in [1.29, 1.82) is 0 Å². The molecular weight excluding hydrogens is 545 g/mol. The Morgan fingerprint density at radius 2 is 1.70 bits per heavy atom. The fourth-order valence-electron chi connectivity index (χ4n) is 7.28. The van der Waals surface area contributed by atoms with E-state index in [0.717, 1.165) is 24.0 Å². The molecule has 0 spiro atoms. The van der Waals surface area contributed by atoms with Gasteiger partial charge in [-0.1, -0.05) is 36.9 Å². The van der Waals surface area contributed by atoms with E-state index < -0.39 is 0 Å². The van der Waals surface area contributed by atoms with Gasteiger partial charge in [-0.25, -0.2) is 4.57 Å². The summed E-state index contributed by atoms with van der Waals surface area (Å²) in [4.78, 5) is 0. The van der Waals surface area contributed by atoms with Crippen molar-refractivity contribution in [3.63, 3.8) is 0 Å². The first-order valence-corrected chi connectivity index (χ1v) is 15.9. The molecule has 1 aliphatic rings. The largest absolute Gasteiger partial charge is 0.455 e. The van der Waals surface area contributed by atoms with Gasteiger partial charge in [0.1, 0.15) is 18.2 Å². The highest BCUT2D eigenvalue weighted by molar-refractivity contribution is 7.17. The summed E-state index contributed by atoms with van der Waals surface area (Å²) in [5.74, 6) is 0.311. The van der Waals surface area contributed by atoms with Crippen molar-refractivity contribution in [3.8, 4) is 22.5 Å². The molecule has 0 saturated heterocycles. The van der Waals surface area contributed by atoms with E-state index in [1.54, 1.807) is 11.3 Å². The number of allylic oxidation sites excluding steroid dienone is 1. The van der Waals surface area contributed by atoms with Crippen LogP contribution in [-0.4, -0.2) is 0 Å². The quantitative estimate of drug-likeness (QED) is 0.147. The number of benzene rings is 3. The number of hydrogen-bond donors (Lipinski definition) is 0. The van der Waals surface area contributed by atoms with E-state index in [-0.39, 0.29) is 6.04 Å². The molecule has 7 aromatic rings. The summed E-state index contributed by atoms with van der Waals surface area (Å²) in [7, 11) is 2.14. The van der Waals surface area contributed by atoms with Crippen LogP contribution < -0.4 is 9.13 Å². The van der Waals surface area contributed by atoms with Crippen molar-refractivity contribution in [1.82, 2.24) is 0 Å². The van der Waals surface area contributed by atoms with Crippen LogP contribution in [0.5, 0.6) is 0 Å². The summed E-state index contributed by atoms with van der Waals surface area (Å²) in [5.41, 5.74) is 12.1. The van der Waals surface area contributed by atoms with Gasteiger partial charge in [0.05, 0.1) is 11.5 Å². The lowest BCUT2D eigenvalue weighted by Gasteiger charge is -2.29. The van der Waals surface area contributed by atoms with Gasteiger partial charge in [-0.05, 0) is 91.1 Å². The minimum Gasteiger partial charge on any atom is -0.455 e. The van der Waals surface area contributed by atoms with Crippen LogP contribution in [0, 0.1) is 13.8 Å². The van der Waals surface area contributed by atoms with Crippen LogP contribution >= 0.6 is 11.3 Å². The van der Waals surface area contributed by atoms with Gasteiger partial charge in [-0.2, -0.15) is 4.57 Å². The highest BCUT2D eigenvalue weighted by Crippen LogP contribution is 2.43. The van der Waals surface area contributed by atoms with Crippen LogP contribution in [0.1, 0.15) is 40.6 Å². The maximum atomic E-state index is 6.76. The lowest BCUT2D eigenvalue weighted by Crippen LogP contribution is -2.46. The lowest BCUT2D eigenvalue weighted by molar-refractivity contribution is -0.707. The molecule has 3 aromatic carbocycles. The average molecular weight is 579 g/mol. The molecule has 0 fully saturated rings. The number of nitrogens with zero attached hydrogens (tertiary/aromatic N) is 2. The van der Waals surface area contributed by atoms with Crippen molar-refractivity contribution in [2.75, 3.05) is 0 Å². The Morgan fingerprint density at radius 3 is 2.53 bits per heavy atom. The van der Waals surface area contributed by atoms with Crippen LogP contribution in [0.4, 0.5) is 0 Å². The second-order valence-corrected chi connectivity index (χ2v) is 13.0. The summed E-state index contributed by atoms with van der Waals surface area (Å²) in [6.45, 7) is 8.64. The van der Waals surface area contributed by atoms with E-state index in [9.17, 15) is 0 Å². The number of fused-ring (bicyclic) bond motifs is 7. The average Bonchev–Trinajstić information content (AvgIpc) is 3.62. The molecule has 1 aliphatic heterocycles. The van der Waals surface area contributed by atoms with Crippen molar-refractivity contribution < 1.29 is 13.6 Å². The van der Waals surface area contributed by atoms with E-state index >= 15 is 0 Å². The van der Waals surface area contributed by atoms with Crippen LogP contribution in [0.2, 0.25) is 0 Å². The van der Waals surface area contributed by atoms with Gasteiger partial charge in [0, 0.05) is 44.3 Å². The van der Waals surface area contributed by atoms with Crippen LogP contribution in [0.3, 0.4) is 0 Å². The Hall–Kier alpha value is -4.54. The standard InChI is InChI=1S/C39H34N2OS/c1-5-33-30(28-8-6-7-9-29(28)34-16-10-25(3)23-41(33)34)14-12-26-13-15-31-32-20-27-18-19-43-37(27)21-36(32)42-39(31)38(26)35-17-11-24(2)22-40(35)4/h5-11,13,15-23,30,33H,1,12,14H2,2-4H3/q+2. The van der Waals surface area contributed by atoms with Gasteiger partial charge >= 0.3 is 0 Å². The zero-order valence-corrected chi connectivity index (χ0v) is 25.6. The van der Waals surface area contributed by atoms with Crippen LogP contribution in [0.25, 0.3) is 54.5 Å². The Kier molecular flexibility index (Phi) is 6.09. The van der Waals surface area contributed by atoms with E-state index in [4.69, 9.17) is 4.42 Å². The number of pyridine rings is 2. The van der Waals surface area contributed by atoms with Crippen molar-refractivity contribution >= 4 is 43.4 Å². The summed E-state index contributed by atoms with van der Waals surface area (Å²) >= 11 is 1.76. The molecule has 0 saturated carbocycles. The normalized spacial score (nSPS) is 16.1. The zero-order chi connectivity index (χ0) is 29.2. The molecule has 0 aliphatic carbocycles. The molecular formula is C39H34N2OS+2. The third-order valence-electron chi connectivity index (χ3n) is 9.30. The first-order chi connectivity index (χ1) is 21.0. The Balaban J connectivity index is 1.28. The minimum atomic E-state index is 0.187. The van der Waals surface area contributed by atoms with E-state index in [1.807, 2.05) is 0 Å². The van der Waals surface area contributed by atoms with Gasteiger partial charge in [0.25, 0.3) is 0 Å². The van der Waals surface area contributed by atoms with Gasteiger partial charge in [0.2, 0.25) is 11.4 Å². The monoisotopic (exact) mass is 578 g/mol. The van der Waals surface area contributed by atoms with Crippen LogP contribution in [0.15, 0.2) is 114 Å².